The molecule has 1 saturated heterocycles. The summed E-state index contributed by atoms with van der Waals surface area (Å²) in [5.74, 6) is 0.132. The molecule has 0 spiro atoms. The van der Waals surface area contributed by atoms with Crippen molar-refractivity contribution in [2.75, 3.05) is 13.1 Å². The summed E-state index contributed by atoms with van der Waals surface area (Å²) in [5.41, 5.74) is 5.58. The molecule has 6 heteroatoms. The largest absolute Gasteiger partial charge is 0.444 e. The molecule has 2 aliphatic rings. The smallest absolute Gasteiger partial charge is 0.410 e. The van der Waals surface area contributed by atoms with Crippen molar-refractivity contribution in [2.24, 2.45) is 11.7 Å². The van der Waals surface area contributed by atoms with Gasteiger partial charge in [-0.3, -0.25) is 4.79 Å². The molecule has 2 N–H and O–H groups in total. The average molecular weight is 339 g/mol. The highest BCUT2D eigenvalue weighted by atomic mass is 16.6. The number of nitrogens with zero attached hydrogens (tertiary/aromatic N) is 2. The van der Waals surface area contributed by atoms with E-state index in [0.717, 1.165) is 25.7 Å². The molecular formula is C18H33N3O3. The van der Waals surface area contributed by atoms with Crippen molar-refractivity contribution in [1.82, 2.24) is 9.80 Å². The van der Waals surface area contributed by atoms with Crippen molar-refractivity contribution in [3.63, 3.8) is 0 Å². The van der Waals surface area contributed by atoms with Crippen LogP contribution in [0.15, 0.2) is 0 Å². The van der Waals surface area contributed by atoms with Gasteiger partial charge in [-0.2, -0.15) is 0 Å². The van der Waals surface area contributed by atoms with E-state index in [2.05, 4.69) is 0 Å². The van der Waals surface area contributed by atoms with Gasteiger partial charge in [0.2, 0.25) is 5.91 Å². The monoisotopic (exact) mass is 339 g/mol. The number of nitrogens with two attached hydrogens (primary N) is 1. The first kappa shape index (κ1) is 19.0. The van der Waals surface area contributed by atoms with Gasteiger partial charge in [0.1, 0.15) is 5.60 Å². The van der Waals surface area contributed by atoms with Crippen LogP contribution in [0, 0.1) is 5.92 Å². The fourth-order valence-electron chi connectivity index (χ4n) is 3.10. The standard InChI is InChI=1S/C18H33N3O3/c1-12(2)15(19)16(22)21(13-8-9-13)11-14-7-6-10-20(14)17(23)24-18(3,4)5/h12-15H,6-11,19H2,1-5H3/t14?,15-/m0/s1. The number of likely N-dealkylation sites (tertiary alicyclic amines) is 1. The Hall–Kier alpha value is -1.30. The zero-order chi connectivity index (χ0) is 18.1. The fourth-order valence-corrected chi connectivity index (χ4v) is 3.10. The lowest BCUT2D eigenvalue weighted by atomic mass is 10.0. The summed E-state index contributed by atoms with van der Waals surface area (Å²) in [6.07, 6.45) is 3.66. The van der Waals surface area contributed by atoms with E-state index in [1.807, 2.05) is 39.5 Å². The Morgan fingerprint density at radius 3 is 2.38 bits per heavy atom. The van der Waals surface area contributed by atoms with E-state index in [1.54, 1.807) is 4.90 Å². The highest BCUT2D eigenvalue weighted by Gasteiger charge is 2.40. The van der Waals surface area contributed by atoms with Crippen molar-refractivity contribution in [1.29, 1.82) is 0 Å². The van der Waals surface area contributed by atoms with E-state index in [4.69, 9.17) is 10.5 Å². The fraction of sp³-hybridized carbons (Fsp3) is 0.889. The van der Waals surface area contributed by atoms with Crippen molar-refractivity contribution >= 4 is 12.0 Å². The maximum absolute atomic E-state index is 12.7. The van der Waals surface area contributed by atoms with E-state index in [-0.39, 0.29) is 24.0 Å². The Morgan fingerprint density at radius 2 is 1.88 bits per heavy atom. The van der Waals surface area contributed by atoms with E-state index >= 15 is 0 Å². The molecule has 1 unspecified atom stereocenters. The Morgan fingerprint density at radius 1 is 1.25 bits per heavy atom. The molecule has 0 bridgehead atoms. The van der Waals surface area contributed by atoms with Crippen LogP contribution in [0.3, 0.4) is 0 Å². The van der Waals surface area contributed by atoms with Gasteiger partial charge >= 0.3 is 6.09 Å². The van der Waals surface area contributed by atoms with Gasteiger partial charge in [0.25, 0.3) is 0 Å². The predicted molar refractivity (Wildman–Crippen MR) is 93.5 cm³/mol. The van der Waals surface area contributed by atoms with Crippen LogP contribution in [-0.2, 0) is 9.53 Å². The molecule has 24 heavy (non-hydrogen) atoms. The molecule has 1 heterocycles. The van der Waals surface area contributed by atoms with E-state index in [9.17, 15) is 9.59 Å². The lowest BCUT2D eigenvalue weighted by Crippen LogP contribution is -2.52. The number of hydrogen-bond donors (Lipinski definition) is 1. The Bertz CT molecular complexity index is 469. The maximum atomic E-state index is 12.7. The molecule has 1 aliphatic carbocycles. The molecule has 2 rings (SSSR count). The summed E-state index contributed by atoms with van der Waals surface area (Å²) in [4.78, 5) is 28.9. The van der Waals surface area contributed by atoms with Crippen LogP contribution >= 0.6 is 0 Å². The number of carbonyl (C=O) groups excluding carboxylic acids is 2. The van der Waals surface area contributed by atoms with Gasteiger partial charge in [0, 0.05) is 19.1 Å². The first-order valence-electron chi connectivity index (χ1n) is 9.16. The topological polar surface area (TPSA) is 75.9 Å². The van der Waals surface area contributed by atoms with Crippen LogP contribution in [0.5, 0.6) is 0 Å². The molecule has 0 aromatic carbocycles. The summed E-state index contributed by atoms with van der Waals surface area (Å²) in [6.45, 7) is 10.8. The molecule has 1 aliphatic heterocycles. The van der Waals surface area contributed by atoms with E-state index in [0.29, 0.717) is 19.1 Å². The highest BCUT2D eigenvalue weighted by Crippen LogP contribution is 2.30. The molecular weight excluding hydrogens is 306 g/mol. The molecule has 0 radical (unpaired) electrons. The second-order valence-electron chi connectivity index (χ2n) is 8.46. The number of carbonyl (C=O) groups is 2. The lowest BCUT2D eigenvalue weighted by Gasteiger charge is -2.34. The Labute approximate surface area is 145 Å². The van der Waals surface area contributed by atoms with Crippen LogP contribution in [0.4, 0.5) is 4.79 Å². The summed E-state index contributed by atoms with van der Waals surface area (Å²) < 4.78 is 5.51. The normalized spacial score (nSPS) is 22.6. The summed E-state index contributed by atoms with van der Waals surface area (Å²) in [7, 11) is 0. The average Bonchev–Trinajstić information content (AvgIpc) is 3.19. The van der Waals surface area contributed by atoms with Gasteiger partial charge in [-0.15, -0.1) is 0 Å². The number of ether oxygens (including phenoxy) is 1. The number of rotatable bonds is 5. The number of amides is 2. The van der Waals surface area contributed by atoms with E-state index < -0.39 is 11.6 Å². The molecule has 0 aromatic heterocycles. The van der Waals surface area contributed by atoms with Crippen LogP contribution in [0.1, 0.15) is 60.3 Å². The molecule has 2 atom stereocenters. The van der Waals surface area contributed by atoms with Gasteiger partial charge < -0.3 is 20.3 Å². The Balaban J connectivity index is 2.03. The first-order chi connectivity index (χ1) is 11.1. The minimum absolute atomic E-state index is 0.0172. The zero-order valence-electron chi connectivity index (χ0n) is 15.7. The second kappa shape index (κ2) is 7.30. The van der Waals surface area contributed by atoms with Crippen LogP contribution in [-0.4, -0.2) is 58.6 Å². The molecule has 138 valence electrons. The maximum Gasteiger partial charge on any atom is 0.410 e. The third kappa shape index (κ3) is 4.85. The Kier molecular flexibility index (Phi) is 5.78. The SMILES string of the molecule is CC(C)[C@H](N)C(=O)N(CC1CCCN1C(=O)OC(C)(C)C)C1CC1. The third-order valence-corrected chi connectivity index (χ3v) is 4.69. The third-order valence-electron chi connectivity index (χ3n) is 4.69. The zero-order valence-corrected chi connectivity index (χ0v) is 15.7. The lowest BCUT2D eigenvalue weighted by molar-refractivity contribution is -0.135. The summed E-state index contributed by atoms with van der Waals surface area (Å²) in [6, 6.07) is -0.144. The quantitative estimate of drug-likeness (QED) is 0.834. The van der Waals surface area contributed by atoms with Gasteiger partial charge in [0.05, 0.1) is 12.1 Å². The summed E-state index contributed by atoms with van der Waals surface area (Å²) >= 11 is 0. The van der Waals surface area contributed by atoms with E-state index in [1.165, 1.54) is 0 Å². The van der Waals surface area contributed by atoms with Crippen LogP contribution < -0.4 is 5.73 Å². The van der Waals surface area contributed by atoms with Crippen LogP contribution in [0.25, 0.3) is 0 Å². The summed E-state index contributed by atoms with van der Waals surface area (Å²) in [5, 5.41) is 0. The van der Waals surface area contributed by atoms with Gasteiger partial charge in [-0.25, -0.2) is 4.79 Å². The van der Waals surface area contributed by atoms with Gasteiger partial charge in [-0.1, -0.05) is 13.8 Å². The highest BCUT2D eigenvalue weighted by molar-refractivity contribution is 5.82. The van der Waals surface area contributed by atoms with Crippen molar-refractivity contribution in [2.45, 2.75) is 84.0 Å². The minimum Gasteiger partial charge on any atom is -0.444 e. The molecule has 1 saturated carbocycles. The molecule has 2 amide bonds. The predicted octanol–water partition coefficient (Wildman–Crippen LogP) is 2.36. The molecule has 2 fully saturated rings. The molecule has 0 aromatic rings. The van der Waals surface area contributed by atoms with Crippen molar-refractivity contribution < 1.29 is 14.3 Å². The van der Waals surface area contributed by atoms with Crippen LogP contribution in [0.2, 0.25) is 0 Å². The van der Waals surface area contributed by atoms with Gasteiger partial charge in [0.15, 0.2) is 0 Å². The van der Waals surface area contributed by atoms with Crippen molar-refractivity contribution in [3.8, 4) is 0 Å². The number of hydrogen-bond acceptors (Lipinski definition) is 4. The van der Waals surface area contributed by atoms with Crippen molar-refractivity contribution in [3.05, 3.63) is 0 Å². The molecule has 6 nitrogen and oxygen atoms in total. The first-order valence-corrected chi connectivity index (χ1v) is 9.16. The minimum atomic E-state index is -0.504. The van der Waals surface area contributed by atoms with Gasteiger partial charge in [-0.05, 0) is 52.4 Å². The second-order valence-corrected chi connectivity index (χ2v) is 8.46.